The van der Waals surface area contributed by atoms with Gasteiger partial charge in [-0.2, -0.15) is 0 Å². The number of likely N-dealkylation sites (N-methyl/N-ethyl adjacent to an activating group) is 1. The maximum absolute atomic E-state index is 12.2. The SMILES string of the molecule is CCN(CC)C(=O)C(C)NC1=NCC(CC(C)(C)C)S1. The molecule has 1 aliphatic rings. The smallest absolute Gasteiger partial charge is 0.244 e. The summed E-state index contributed by atoms with van der Waals surface area (Å²) >= 11 is 1.78. The summed E-state index contributed by atoms with van der Waals surface area (Å²) < 4.78 is 0. The quantitative estimate of drug-likeness (QED) is 0.849. The van der Waals surface area contributed by atoms with Gasteiger partial charge in [0.1, 0.15) is 6.04 Å². The predicted molar refractivity (Wildman–Crippen MR) is 88.3 cm³/mol. The zero-order valence-corrected chi connectivity index (χ0v) is 14.5. The van der Waals surface area contributed by atoms with E-state index in [-0.39, 0.29) is 11.9 Å². The van der Waals surface area contributed by atoms with Gasteiger partial charge in [0, 0.05) is 18.3 Å². The Morgan fingerprint density at radius 1 is 1.45 bits per heavy atom. The zero-order chi connectivity index (χ0) is 15.3. The fourth-order valence-electron chi connectivity index (χ4n) is 2.34. The van der Waals surface area contributed by atoms with Crippen LogP contribution in [0.15, 0.2) is 4.99 Å². The lowest BCUT2D eigenvalue weighted by Gasteiger charge is -2.24. The summed E-state index contributed by atoms with van der Waals surface area (Å²) in [6, 6.07) is -0.200. The molecule has 0 spiro atoms. The number of hydrogen-bond donors (Lipinski definition) is 1. The van der Waals surface area contributed by atoms with Crippen LogP contribution in [0, 0.1) is 5.41 Å². The number of nitrogens with one attached hydrogen (secondary N) is 1. The Morgan fingerprint density at radius 3 is 2.55 bits per heavy atom. The van der Waals surface area contributed by atoms with E-state index in [1.807, 2.05) is 25.7 Å². The van der Waals surface area contributed by atoms with Crippen LogP contribution in [-0.2, 0) is 4.79 Å². The third-order valence-electron chi connectivity index (χ3n) is 3.34. The van der Waals surface area contributed by atoms with Crippen molar-refractivity contribution in [2.45, 2.75) is 59.3 Å². The van der Waals surface area contributed by atoms with E-state index in [0.29, 0.717) is 10.7 Å². The lowest BCUT2D eigenvalue weighted by atomic mass is 9.90. The van der Waals surface area contributed by atoms with Crippen molar-refractivity contribution in [3.63, 3.8) is 0 Å². The molecule has 1 aliphatic heterocycles. The number of thioether (sulfide) groups is 1. The molecule has 1 amide bonds. The van der Waals surface area contributed by atoms with Gasteiger partial charge in [-0.3, -0.25) is 9.79 Å². The Balaban J connectivity index is 2.45. The molecule has 1 rings (SSSR count). The summed E-state index contributed by atoms with van der Waals surface area (Å²) in [7, 11) is 0. The first-order valence-corrected chi connectivity index (χ1v) is 8.41. The van der Waals surface area contributed by atoms with Crippen molar-refractivity contribution in [2.75, 3.05) is 19.6 Å². The van der Waals surface area contributed by atoms with Crippen LogP contribution in [-0.4, -0.2) is 46.9 Å². The molecule has 0 aliphatic carbocycles. The van der Waals surface area contributed by atoms with E-state index in [1.54, 1.807) is 11.8 Å². The average molecular weight is 299 g/mol. The normalized spacial score (nSPS) is 20.5. The second-order valence-corrected chi connectivity index (χ2v) is 7.82. The number of amides is 1. The van der Waals surface area contributed by atoms with Gasteiger partial charge in [-0.1, -0.05) is 32.5 Å². The first kappa shape index (κ1) is 17.3. The largest absolute Gasteiger partial charge is 0.353 e. The Hall–Kier alpha value is -0.710. The maximum atomic E-state index is 12.2. The van der Waals surface area contributed by atoms with Gasteiger partial charge in [0.05, 0.1) is 6.54 Å². The first-order valence-electron chi connectivity index (χ1n) is 7.53. The third-order valence-corrected chi connectivity index (χ3v) is 4.46. The number of carbonyl (C=O) groups excluding carboxylic acids is 1. The summed E-state index contributed by atoms with van der Waals surface area (Å²) in [6.07, 6.45) is 1.14. The van der Waals surface area contributed by atoms with Gasteiger partial charge in [-0.25, -0.2) is 0 Å². The van der Waals surface area contributed by atoms with Crippen LogP contribution in [0.25, 0.3) is 0 Å². The molecule has 0 bridgehead atoms. The van der Waals surface area contributed by atoms with Crippen molar-refractivity contribution in [2.24, 2.45) is 10.4 Å². The lowest BCUT2D eigenvalue weighted by Crippen LogP contribution is -2.46. The minimum atomic E-state index is -0.200. The molecule has 2 atom stereocenters. The summed E-state index contributed by atoms with van der Waals surface area (Å²) in [5.41, 5.74) is 0.325. The molecule has 1 heterocycles. The topological polar surface area (TPSA) is 44.7 Å². The van der Waals surface area contributed by atoms with Gasteiger partial charge in [0.2, 0.25) is 5.91 Å². The molecule has 116 valence electrons. The standard InChI is InChI=1S/C15H29N3OS/c1-7-18(8-2)13(19)11(3)17-14-16-10-12(20-14)9-15(4,5)6/h11-12H,7-10H2,1-6H3,(H,16,17). The molecule has 1 N–H and O–H groups in total. The molecular formula is C15H29N3OS. The van der Waals surface area contributed by atoms with E-state index >= 15 is 0 Å². The second kappa shape index (κ2) is 7.34. The Kier molecular flexibility index (Phi) is 6.37. The van der Waals surface area contributed by atoms with Crippen LogP contribution in [0.5, 0.6) is 0 Å². The van der Waals surface area contributed by atoms with Gasteiger partial charge in [-0.05, 0) is 32.6 Å². The number of rotatable bonds is 5. The number of amidine groups is 1. The molecule has 0 saturated heterocycles. The minimum absolute atomic E-state index is 0.151. The minimum Gasteiger partial charge on any atom is -0.353 e. The van der Waals surface area contributed by atoms with Crippen molar-refractivity contribution in [3.8, 4) is 0 Å². The summed E-state index contributed by atoms with van der Waals surface area (Å²) in [5, 5.41) is 4.72. The molecule has 4 nitrogen and oxygen atoms in total. The number of hydrogen-bond acceptors (Lipinski definition) is 4. The van der Waals surface area contributed by atoms with E-state index in [0.717, 1.165) is 31.2 Å². The Morgan fingerprint density at radius 2 is 2.05 bits per heavy atom. The molecule has 0 aromatic rings. The predicted octanol–water partition coefficient (Wildman–Crippen LogP) is 2.74. The monoisotopic (exact) mass is 299 g/mol. The lowest BCUT2D eigenvalue weighted by molar-refractivity contribution is -0.132. The highest BCUT2D eigenvalue weighted by molar-refractivity contribution is 8.14. The third kappa shape index (κ3) is 5.35. The fraction of sp³-hybridized carbons (Fsp3) is 0.867. The molecule has 20 heavy (non-hydrogen) atoms. The van der Waals surface area contributed by atoms with Crippen molar-refractivity contribution in [3.05, 3.63) is 0 Å². The molecule has 0 aromatic heterocycles. The van der Waals surface area contributed by atoms with Crippen LogP contribution < -0.4 is 5.32 Å². The second-order valence-electron chi connectivity index (χ2n) is 6.53. The molecular weight excluding hydrogens is 270 g/mol. The number of aliphatic imine (C=N–C) groups is 1. The van der Waals surface area contributed by atoms with Crippen molar-refractivity contribution in [1.82, 2.24) is 10.2 Å². The maximum Gasteiger partial charge on any atom is 0.244 e. The van der Waals surface area contributed by atoms with E-state index in [2.05, 4.69) is 31.1 Å². The van der Waals surface area contributed by atoms with E-state index in [1.165, 1.54) is 0 Å². The molecule has 0 aromatic carbocycles. The van der Waals surface area contributed by atoms with Gasteiger partial charge < -0.3 is 10.2 Å². The Labute approximate surface area is 127 Å². The molecule has 0 fully saturated rings. The van der Waals surface area contributed by atoms with E-state index in [9.17, 15) is 4.79 Å². The number of nitrogens with zero attached hydrogens (tertiary/aromatic N) is 2. The first-order chi connectivity index (χ1) is 9.26. The summed E-state index contributed by atoms with van der Waals surface area (Å²) in [6.45, 7) is 15.1. The van der Waals surface area contributed by atoms with Crippen molar-refractivity contribution in [1.29, 1.82) is 0 Å². The number of carbonyl (C=O) groups is 1. The highest BCUT2D eigenvalue weighted by Crippen LogP contribution is 2.31. The summed E-state index contributed by atoms with van der Waals surface area (Å²) in [4.78, 5) is 18.6. The van der Waals surface area contributed by atoms with Gasteiger partial charge in [-0.15, -0.1) is 0 Å². The molecule has 0 radical (unpaired) electrons. The molecule has 0 saturated carbocycles. The van der Waals surface area contributed by atoms with Gasteiger partial charge in [0.15, 0.2) is 5.17 Å². The van der Waals surface area contributed by atoms with Crippen LogP contribution in [0.2, 0.25) is 0 Å². The van der Waals surface area contributed by atoms with Crippen LogP contribution >= 0.6 is 11.8 Å². The van der Waals surface area contributed by atoms with Crippen molar-refractivity contribution >= 4 is 22.8 Å². The van der Waals surface area contributed by atoms with Crippen LogP contribution in [0.1, 0.15) is 48.0 Å². The van der Waals surface area contributed by atoms with Gasteiger partial charge in [0.25, 0.3) is 0 Å². The van der Waals surface area contributed by atoms with E-state index < -0.39 is 0 Å². The van der Waals surface area contributed by atoms with Crippen LogP contribution in [0.4, 0.5) is 0 Å². The van der Waals surface area contributed by atoms with Gasteiger partial charge >= 0.3 is 0 Å². The highest BCUT2D eigenvalue weighted by Gasteiger charge is 2.27. The van der Waals surface area contributed by atoms with Crippen molar-refractivity contribution < 1.29 is 4.79 Å². The zero-order valence-electron chi connectivity index (χ0n) is 13.7. The Bertz CT molecular complexity index is 359. The average Bonchev–Trinajstić information content (AvgIpc) is 2.75. The molecule has 5 heteroatoms. The van der Waals surface area contributed by atoms with Crippen LogP contribution in [0.3, 0.4) is 0 Å². The highest BCUT2D eigenvalue weighted by atomic mass is 32.2. The summed E-state index contributed by atoms with van der Waals surface area (Å²) in [5.74, 6) is 0.151. The fourth-order valence-corrected chi connectivity index (χ4v) is 3.78. The van der Waals surface area contributed by atoms with E-state index in [4.69, 9.17) is 0 Å². The molecule has 2 unspecified atom stereocenters.